The van der Waals surface area contributed by atoms with Gasteiger partial charge in [0, 0.05) is 38.8 Å². The van der Waals surface area contributed by atoms with Crippen LogP contribution in [0.25, 0.3) is 0 Å². The molecule has 2 heterocycles. The van der Waals surface area contributed by atoms with Gasteiger partial charge in [-0.05, 0) is 92.0 Å². The van der Waals surface area contributed by atoms with Crippen molar-refractivity contribution in [2.75, 3.05) is 45.9 Å². The summed E-state index contributed by atoms with van der Waals surface area (Å²) in [6.07, 6.45) is 8.63. The van der Waals surface area contributed by atoms with Gasteiger partial charge in [0.2, 0.25) is 0 Å². The molecule has 4 fully saturated rings. The molecule has 2 saturated carbocycles. The van der Waals surface area contributed by atoms with Crippen LogP contribution in [0.2, 0.25) is 0 Å². The van der Waals surface area contributed by atoms with Gasteiger partial charge in [0.25, 0.3) is 5.85 Å². The van der Waals surface area contributed by atoms with E-state index in [1.165, 1.54) is 12.8 Å². The summed E-state index contributed by atoms with van der Waals surface area (Å²) in [6, 6.07) is 0.719. The lowest BCUT2D eigenvalue weighted by molar-refractivity contribution is -0.277. The molecule has 4 aliphatic rings. The molecule has 0 radical (unpaired) electrons. The van der Waals surface area contributed by atoms with Crippen molar-refractivity contribution in [2.24, 2.45) is 5.92 Å². The minimum Gasteiger partial charge on any atom is -0.466 e. The van der Waals surface area contributed by atoms with E-state index in [0.29, 0.717) is 6.61 Å². The fraction of sp³-hybridized carbons (Fsp3) is 0.926. The summed E-state index contributed by atoms with van der Waals surface area (Å²) in [5.41, 5.74) is -0.598. The van der Waals surface area contributed by atoms with Crippen LogP contribution in [0.3, 0.4) is 0 Å². The highest BCUT2D eigenvalue weighted by Gasteiger charge is 2.55. The van der Waals surface area contributed by atoms with Crippen molar-refractivity contribution in [2.45, 2.75) is 109 Å². The Morgan fingerprint density at radius 3 is 2.03 bits per heavy atom. The maximum atomic E-state index is 14.1. The maximum absolute atomic E-state index is 14.1. The molecule has 4 rings (SSSR count). The number of rotatable bonds is 8. The Bertz CT molecular complexity index is 723. The number of carbonyl (C=O) groups is 2. The van der Waals surface area contributed by atoms with Gasteiger partial charge in [-0.15, -0.1) is 0 Å². The Morgan fingerprint density at radius 2 is 1.43 bits per heavy atom. The molecule has 2 aliphatic heterocycles. The zero-order valence-electron chi connectivity index (χ0n) is 22.4. The van der Waals surface area contributed by atoms with Crippen molar-refractivity contribution in [3.8, 4) is 0 Å². The van der Waals surface area contributed by atoms with E-state index in [4.69, 9.17) is 14.2 Å². The largest absolute Gasteiger partial charge is 0.466 e. The molecule has 8 nitrogen and oxygen atoms in total. The van der Waals surface area contributed by atoms with E-state index in [9.17, 15) is 9.59 Å². The lowest BCUT2D eigenvalue weighted by Crippen LogP contribution is -2.69. The summed E-state index contributed by atoms with van der Waals surface area (Å²) in [5.74, 6) is -1.65. The highest BCUT2D eigenvalue weighted by molar-refractivity contribution is 5.79. The molecule has 0 N–H and O–H groups in total. The van der Waals surface area contributed by atoms with Gasteiger partial charge in [0.15, 0.2) is 0 Å². The summed E-state index contributed by atoms with van der Waals surface area (Å²) in [6.45, 7) is 13.4. The van der Waals surface area contributed by atoms with Gasteiger partial charge in [0.1, 0.15) is 5.60 Å². The summed E-state index contributed by atoms with van der Waals surface area (Å²) in [4.78, 5) is 33.5. The number of carbonyl (C=O) groups excluding carboxylic acids is 2. The second-order valence-corrected chi connectivity index (χ2v) is 11.8. The Balaban J connectivity index is 1.57. The monoisotopic (exact) mass is 493 g/mol. The van der Waals surface area contributed by atoms with Crippen molar-refractivity contribution in [1.29, 1.82) is 0 Å². The fourth-order valence-electron chi connectivity index (χ4n) is 5.97. The maximum Gasteiger partial charge on any atom is 0.371 e. The minimum absolute atomic E-state index is 0.0669. The molecule has 35 heavy (non-hydrogen) atoms. The van der Waals surface area contributed by atoms with E-state index in [0.717, 1.165) is 90.3 Å². The molecule has 0 amide bonds. The van der Waals surface area contributed by atoms with Crippen molar-refractivity contribution in [3.05, 3.63) is 0 Å². The van der Waals surface area contributed by atoms with E-state index in [2.05, 4.69) is 14.7 Å². The standard InChI is InChI=1S/C27H47N3O5/c1-5-33-24(31)21-9-13-23(14-10-21)34-27(29-16-6-7-17-29,25(32)35-26(2,3)4)30-18-8-15-28(19-20-30)22-11-12-22/h21-23H,5-20H2,1-4H3/t21-,23-,27?. The SMILES string of the molecule is CCOC(=O)[C@H]1CC[C@H](OC(C(=O)OC(C)(C)C)(N2CCCC2)N2CCCN(C3CC3)CC2)CC1. The number of esters is 2. The summed E-state index contributed by atoms with van der Waals surface area (Å²) in [5, 5.41) is 0. The smallest absolute Gasteiger partial charge is 0.371 e. The molecule has 0 aromatic heterocycles. The Kier molecular flexibility index (Phi) is 8.78. The van der Waals surface area contributed by atoms with Crippen LogP contribution in [0.15, 0.2) is 0 Å². The predicted octanol–water partition coefficient (Wildman–Crippen LogP) is 3.39. The number of likely N-dealkylation sites (tertiary alicyclic amines) is 1. The van der Waals surface area contributed by atoms with Crippen molar-refractivity contribution in [1.82, 2.24) is 14.7 Å². The third-order valence-electron chi connectivity index (χ3n) is 7.85. The van der Waals surface area contributed by atoms with Crippen LogP contribution < -0.4 is 0 Å². The van der Waals surface area contributed by atoms with Gasteiger partial charge in [-0.2, -0.15) is 0 Å². The first-order valence-corrected chi connectivity index (χ1v) is 14.0. The third kappa shape index (κ3) is 6.56. The number of hydrogen-bond donors (Lipinski definition) is 0. The second kappa shape index (κ2) is 11.4. The zero-order valence-corrected chi connectivity index (χ0v) is 22.4. The molecule has 1 atom stereocenters. The van der Waals surface area contributed by atoms with Crippen molar-refractivity contribution < 1.29 is 23.8 Å². The molecular weight excluding hydrogens is 446 g/mol. The molecule has 8 heteroatoms. The van der Waals surface area contributed by atoms with Gasteiger partial charge in [-0.3, -0.25) is 19.5 Å². The van der Waals surface area contributed by atoms with Crippen LogP contribution in [0.5, 0.6) is 0 Å². The minimum atomic E-state index is -1.20. The fourth-order valence-corrected chi connectivity index (χ4v) is 5.97. The van der Waals surface area contributed by atoms with Crippen LogP contribution >= 0.6 is 0 Å². The van der Waals surface area contributed by atoms with Gasteiger partial charge in [-0.1, -0.05) is 0 Å². The third-order valence-corrected chi connectivity index (χ3v) is 7.85. The van der Waals surface area contributed by atoms with Gasteiger partial charge in [0.05, 0.1) is 18.6 Å². The highest BCUT2D eigenvalue weighted by atomic mass is 16.6. The van der Waals surface area contributed by atoms with Crippen LogP contribution in [-0.4, -0.2) is 96.1 Å². The summed E-state index contributed by atoms with van der Waals surface area (Å²) in [7, 11) is 0. The molecule has 0 bridgehead atoms. The number of hydrogen-bond acceptors (Lipinski definition) is 8. The van der Waals surface area contributed by atoms with Crippen LogP contribution in [-0.2, 0) is 23.8 Å². The Morgan fingerprint density at radius 1 is 0.800 bits per heavy atom. The van der Waals surface area contributed by atoms with Crippen molar-refractivity contribution >= 4 is 11.9 Å². The Labute approximate surface area is 211 Å². The first-order chi connectivity index (χ1) is 16.7. The van der Waals surface area contributed by atoms with Gasteiger partial charge in [-0.25, -0.2) is 4.79 Å². The first kappa shape index (κ1) is 26.8. The zero-order chi connectivity index (χ0) is 25.1. The molecule has 1 unspecified atom stereocenters. The van der Waals surface area contributed by atoms with Gasteiger partial charge >= 0.3 is 11.9 Å². The van der Waals surface area contributed by atoms with Crippen LogP contribution in [0.1, 0.15) is 85.5 Å². The molecule has 0 aromatic carbocycles. The topological polar surface area (TPSA) is 71.5 Å². The first-order valence-electron chi connectivity index (χ1n) is 14.0. The van der Waals surface area contributed by atoms with Crippen LogP contribution in [0, 0.1) is 5.92 Å². The summed E-state index contributed by atoms with van der Waals surface area (Å²) < 4.78 is 18.3. The molecule has 0 spiro atoms. The molecule has 200 valence electrons. The average Bonchev–Trinajstić information content (AvgIpc) is 3.56. The summed E-state index contributed by atoms with van der Waals surface area (Å²) >= 11 is 0. The highest BCUT2D eigenvalue weighted by Crippen LogP contribution is 2.37. The molecular formula is C27H47N3O5. The van der Waals surface area contributed by atoms with E-state index in [1.807, 2.05) is 27.7 Å². The lowest BCUT2D eigenvalue weighted by Gasteiger charge is -2.49. The molecule has 2 aliphatic carbocycles. The van der Waals surface area contributed by atoms with Crippen molar-refractivity contribution in [3.63, 3.8) is 0 Å². The van der Waals surface area contributed by atoms with E-state index >= 15 is 0 Å². The van der Waals surface area contributed by atoms with Crippen LogP contribution in [0.4, 0.5) is 0 Å². The second-order valence-electron chi connectivity index (χ2n) is 11.8. The Hall–Kier alpha value is -1.22. The number of nitrogens with zero attached hydrogens (tertiary/aromatic N) is 3. The average molecular weight is 494 g/mol. The van der Waals surface area contributed by atoms with E-state index in [-0.39, 0.29) is 24.0 Å². The number of ether oxygens (including phenoxy) is 3. The lowest BCUT2D eigenvalue weighted by atomic mass is 9.87. The molecule has 0 aromatic rings. The van der Waals surface area contributed by atoms with E-state index in [1.54, 1.807) is 0 Å². The normalized spacial score (nSPS) is 29.4. The van der Waals surface area contributed by atoms with Gasteiger partial charge < -0.3 is 14.2 Å². The quantitative estimate of drug-likeness (QED) is 0.477. The van der Waals surface area contributed by atoms with E-state index < -0.39 is 11.4 Å². The molecule has 2 saturated heterocycles. The predicted molar refractivity (Wildman–Crippen MR) is 134 cm³/mol.